The SMILES string of the molecule is C=C1COC2[C@@H](C)/C(=C/COC(=O)NCCCn3cnc4ccccc43)[C@H](C)C[C@@](C)(OC1)[C@H](OC1O[C@H](C)C[C@H](N(C)C)[C@H]1O)[C@@H](C)[C@H](O)[C@@H](C)C(=O)O[C@H](CC)[C@@]2(C)O. The minimum Gasteiger partial charge on any atom is -0.459 e. The zero-order chi connectivity index (χ0) is 44.8. The lowest BCUT2D eigenvalue weighted by molar-refractivity contribution is -0.303. The highest BCUT2D eigenvalue weighted by Gasteiger charge is 2.52. The molecule has 4 N–H and O–H groups in total. The van der Waals surface area contributed by atoms with Crippen LogP contribution in [0.2, 0.25) is 0 Å². The van der Waals surface area contributed by atoms with Gasteiger partial charge in [-0.15, -0.1) is 0 Å². The molecule has 2 aromatic rings. The van der Waals surface area contributed by atoms with Crippen LogP contribution >= 0.6 is 0 Å². The summed E-state index contributed by atoms with van der Waals surface area (Å²) in [5.74, 6) is -3.29. The molecule has 14 atom stereocenters. The van der Waals surface area contributed by atoms with Gasteiger partial charge in [0.25, 0.3) is 0 Å². The molecular weight excluding hydrogens is 785 g/mol. The van der Waals surface area contributed by atoms with Gasteiger partial charge in [0.1, 0.15) is 24.4 Å². The van der Waals surface area contributed by atoms with E-state index < -0.39 is 77.8 Å². The van der Waals surface area contributed by atoms with E-state index in [4.69, 9.17) is 28.4 Å². The van der Waals surface area contributed by atoms with Crippen LogP contribution in [-0.4, -0.2) is 142 Å². The number of nitrogens with zero attached hydrogens (tertiary/aromatic N) is 3. The Morgan fingerprint density at radius 3 is 2.52 bits per heavy atom. The van der Waals surface area contributed by atoms with Crippen molar-refractivity contribution in [2.75, 3.05) is 40.5 Å². The number of para-hydroxylation sites is 2. The fraction of sp³-hybridized carbons (Fsp3) is 0.717. The van der Waals surface area contributed by atoms with Gasteiger partial charge in [-0.1, -0.05) is 52.0 Å². The number of carbonyl (C=O) groups is 2. The zero-order valence-electron chi connectivity index (χ0n) is 37.9. The summed E-state index contributed by atoms with van der Waals surface area (Å²) in [5, 5.41) is 38.9. The molecule has 15 nitrogen and oxygen atoms in total. The molecule has 3 aliphatic rings. The Morgan fingerprint density at radius 1 is 1.10 bits per heavy atom. The van der Waals surface area contributed by atoms with Crippen molar-refractivity contribution in [1.82, 2.24) is 19.8 Å². The van der Waals surface area contributed by atoms with Crippen molar-refractivity contribution in [1.29, 1.82) is 0 Å². The Kier molecular flexibility index (Phi) is 16.6. The average molecular weight is 857 g/mol. The van der Waals surface area contributed by atoms with Gasteiger partial charge in [-0.05, 0) is 97.2 Å². The average Bonchev–Trinajstić information content (AvgIpc) is 3.62. The van der Waals surface area contributed by atoms with Gasteiger partial charge in [0, 0.05) is 31.0 Å². The van der Waals surface area contributed by atoms with Crippen LogP contribution in [-0.2, 0) is 39.8 Å². The van der Waals surface area contributed by atoms with Crippen molar-refractivity contribution in [2.45, 2.75) is 148 Å². The number of imidazole rings is 1. The van der Waals surface area contributed by atoms with Crippen molar-refractivity contribution in [3.05, 3.63) is 54.4 Å². The smallest absolute Gasteiger partial charge is 0.407 e. The summed E-state index contributed by atoms with van der Waals surface area (Å²) in [6.45, 7) is 19.9. The minimum absolute atomic E-state index is 0.0215. The lowest BCUT2D eigenvalue weighted by Gasteiger charge is -2.48. The largest absolute Gasteiger partial charge is 0.459 e. The highest BCUT2D eigenvalue weighted by atomic mass is 16.7. The number of aliphatic hydroxyl groups is 3. The molecule has 342 valence electrons. The summed E-state index contributed by atoms with van der Waals surface area (Å²) in [7, 11) is 3.80. The fourth-order valence-electron chi connectivity index (χ4n) is 9.67. The summed E-state index contributed by atoms with van der Waals surface area (Å²) >= 11 is 0. The van der Waals surface area contributed by atoms with Gasteiger partial charge < -0.3 is 58.5 Å². The summed E-state index contributed by atoms with van der Waals surface area (Å²) in [6.07, 6.45) is -1.63. The third-order valence-corrected chi connectivity index (χ3v) is 13.2. The first kappa shape index (κ1) is 48.6. The van der Waals surface area contributed by atoms with Crippen LogP contribution in [0.1, 0.15) is 81.1 Å². The van der Waals surface area contributed by atoms with E-state index in [1.54, 1.807) is 27.1 Å². The van der Waals surface area contributed by atoms with Gasteiger partial charge >= 0.3 is 12.1 Å². The standard InChI is InChI=1S/C46H72N4O11/c1-12-37-46(9,55)41-30(5)33(18-21-56-44(54)47-19-15-20-50-26-48-34-16-13-14-17-35(34)50)28(3)23-45(8,58-25-27(2)24-57-41)40(31(6)38(51)32(7)42(53)60-37)61-43-39(52)36(49(10)11)22-29(4)59-43/h13-14,16-18,26,28-32,36-41,43,51-52,55H,2,12,15,19-25H2,1,3-11H3,(H,47,54)/b33-18+/t28-,29-,30+,31+,32-,36+,37-,38+,39-,40-,41?,43?,45-,46-/m1/s1. The van der Waals surface area contributed by atoms with Gasteiger partial charge in [-0.25, -0.2) is 9.78 Å². The van der Waals surface area contributed by atoms with E-state index in [1.807, 2.05) is 88.5 Å². The third-order valence-electron chi connectivity index (χ3n) is 13.2. The second kappa shape index (κ2) is 20.8. The van der Waals surface area contributed by atoms with Crippen LogP contribution in [0.3, 0.4) is 0 Å². The number of hydrogen-bond donors (Lipinski definition) is 4. The van der Waals surface area contributed by atoms with Gasteiger partial charge in [0.2, 0.25) is 0 Å². The number of carbonyl (C=O) groups excluding carboxylic acids is 2. The van der Waals surface area contributed by atoms with Crippen LogP contribution in [0.4, 0.5) is 4.79 Å². The van der Waals surface area contributed by atoms with E-state index in [9.17, 15) is 24.9 Å². The lowest BCUT2D eigenvalue weighted by Crippen LogP contribution is -2.60. The Labute approximate surface area is 361 Å². The van der Waals surface area contributed by atoms with Crippen molar-refractivity contribution in [2.24, 2.45) is 23.7 Å². The predicted molar refractivity (Wildman–Crippen MR) is 230 cm³/mol. The quantitative estimate of drug-likeness (QED) is 0.142. The molecule has 1 aromatic heterocycles. The number of rotatable bonds is 10. The maximum Gasteiger partial charge on any atom is 0.407 e. The Hall–Kier alpha value is -3.41. The van der Waals surface area contributed by atoms with Gasteiger partial charge in [0.05, 0.1) is 66.5 Å². The van der Waals surface area contributed by atoms with Gasteiger partial charge in [0.15, 0.2) is 6.29 Å². The number of esters is 1. The Bertz CT molecular complexity index is 1820. The molecule has 0 aliphatic carbocycles. The maximum absolute atomic E-state index is 13.9. The number of amides is 1. The van der Waals surface area contributed by atoms with E-state index in [2.05, 4.69) is 16.9 Å². The minimum atomic E-state index is -1.71. The van der Waals surface area contributed by atoms with Crippen LogP contribution in [0.25, 0.3) is 11.0 Å². The Morgan fingerprint density at radius 2 is 1.82 bits per heavy atom. The zero-order valence-corrected chi connectivity index (χ0v) is 37.9. The second-order valence-electron chi connectivity index (χ2n) is 18.3. The van der Waals surface area contributed by atoms with Gasteiger partial charge in [-0.2, -0.15) is 0 Å². The van der Waals surface area contributed by atoms with Gasteiger partial charge in [-0.3, -0.25) is 4.79 Å². The highest BCUT2D eigenvalue weighted by Crippen LogP contribution is 2.43. The lowest BCUT2D eigenvalue weighted by atomic mass is 9.72. The molecular formula is C46H72N4O11. The second-order valence-corrected chi connectivity index (χ2v) is 18.3. The highest BCUT2D eigenvalue weighted by molar-refractivity contribution is 5.75. The van der Waals surface area contributed by atoms with E-state index >= 15 is 0 Å². The molecule has 2 unspecified atom stereocenters. The number of fused-ring (bicyclic) bond motifs is 6. The summed E-state index contributed by atoms with van der Waals surface area (Å²) in [6, 6.07) is 7.63. The predicted octanol–water partition coefficient (Wildman–Crippen LogP) is 5.00. The van der Waals surface area contributed by atoms with Crippen LogP contribution in [0.15, 0.2) is 54.4 Å². The summed E-state index contributed by atoms with van der Waals surface area (Å²) in [4.78, 5) is 33.3. The van der Waals surface area contributed by atoms with Crippen LogP contribution in [0.5, 0.6) is 0 Å². The number of hydrogen-bond acceptors (Lipinski definition) is 13. The number of aryl methyl sites for hydroxylation is 1. The molecule has 1 amide bonds. The third kappa shape index (κ3) is 11.4. The topological polar surface area (TPSA) is 183 Å². The molecule has 2 bridgehead atoms. The van der Waals surface area contributed by atoms with Crippen molar-refractivity contribution in [3.8, 4) is 0 Å². The number of aliphatic hydroxyl groups excluding tert-OH is 2. The van der Waals surface area contributed by atoms with Crippen molar-refractivity contribution in [3.63, 3.8) is 0 Å². The molecule has 3 aliphatic heterocycles. The molecule has 5 rings (SSSR count). The molecule has 1 aromatic carbocycles. The number of nitrogens with one attached hydrogen (secondary N) is 1. The summed E-state index contributed by atoms with van der Waals surface area (Å²) < 4.78 is 40.4. The first-order valence-electron chi connectivity index (χ1n) is 22.0. The molecule has 0 radical (unpaired) electrons. The van der Waals surface area contributed by atoms with Crippen LogP contribution < -0.4 is 5.32 Å². The number of cyclic esters (lactones) is 1. The number of alkyl carbamates (subject to hydrolysis) is 1. The van der Waals surface area contributed by atoms with E-state index in [1.165, 1.54) is 0 Å². The maximum atomic E-state index is 13.9. The van der Waals surface area contributed by atoms with Crippen molar-refractivity contribution >= 4 is 23.1 Å². The monoisotopic (exact) mass is 857 g/mol. The molecule has 0 saturated carbocycles. The fourth-order valence-corrected chi connectivity index (χ4v) is 9.67. The number of ether oxygens (including phenoxy) is 6. The summed E-state index contributed by atoms with van der Waals surface area (Å²) in [5.41, 5.74) is 0.439. The van der Waals surface area contributed by atoms with E-state index in [0.717, 1.165) is 16.6 Å². The molecule has 15 heteroatoms. The molecule has 3 fully saturated rings. The number of likely N-dealkylation sites (N-methyl/N-ethyl adjacent to an activating group) is 1. The van der Waals surface area contributed by atoms with E-state index in [0.29, 0.717) is 37.9 Å². The Balaban J connectivity index is 1.48. The number of benzene rings is 1. The van der Waals surface area contributed by atoms with Crippen LogP contribution in [0, 0.1) is 23.7 Å². The molecule has 3 saturated heterocycles. The molecule has 4 heterocycles. The van der Waals surface area contributed by atoms with E-state index in [-0.39, 0.29) is 44.3 Å². The number of aromatic nitrogens is 2. The van der Waals surface area contributed by atoms with Crippen molar-refractivity contribution < 1.29 is 53.3 Å². The normalized spacial score (nSPS) is 37.8. The molecule has 61 heavy (non-hydrogen) atoms. The first-order chi connectivity index (χ1) is 28.8. The first-order valence-corrected chi connectivity index (χ1v) is 22.0. The molecule has 0 spiro atoms.